The lowest BCUT2D eigenvalue weighted by atomic mass is 10.2. The highest BCUT2D eigenvalue weighted by molar-refractivity contribution is 4.61. The van der Waals surface area contributed by atoms with Crippen molar-refractivity contribution in [2.45, 2.75) is 19.4 Å². The molecule has 0 aromatic rings. The second-order valence-electron chi connectivity index (χ2n) is 2.48. The monoisotopic (exact) mass is 131 g/mol. The molecule has 0 aromatic carbocycles. The van der Waals surface area contributed by atoms with E-state index in [0.717, 1.165) is 13.0 Å². The van der Waals surface area contributed by atoms with Crippen molar-refractivity contribution in [2.24, 2.45) is 0 Å². The number of hydrogen-bond acceptors (Lipinski definition) is 2. The molecule has 1 unspecified atom stereocenters. The molecule has 0 rings (SSSR count). The maximum Gasteiger partial charge on any atom is 0.0617 e. The van der Waals surface area contributed by atoms with Gasteiger partial charge in [-0.15, -0.1) is 0 Å². The van der Waals surface area contributed by atoms with Crippen molar-refractivity contribution < 1.29 is 4.74 Å². The Labute approximate surface area is 57.8 Å². The van der Waals surface area contributed by atoms with E-state index in [-0.39, 0.29) is 0 Å². The van der Waals surface area contributed by atoms with Gasteiger partial charge in [0.1, 0.15) is 0 Å². The molecule has 0 aliphatic rings. The van der Waals surface area contributed by atoms with Crippen molar-refractivity contribution in [3.8, 4) is 0 Å². The van der Waals surface area contributed by atoms with E-state index < -0.39 is 0 Å². The third-order valence-corrected chi connectivity index (χ3v) is 1.56. The Hall–Kier alpha value is -0.0800. The maximum atomic E-state index is 5.01. The fraction of sp³-hybridized carbons (Fsp3) is 1.00. The molecule has 1 atom stereocenters. The smallest absolute Gasteiger partial charge is 0.0617 e. The molecule has 0 spiro atoms. The number of hydrogen-bond donors (Lipinski definition) is 0. The van der Waals surface area contributed by atoms with E-state index in [0.29, 0.717) is 6.04 Å². The Balaban J connectivity index is 3.41. The SMILES string of the molecule is CCC(COC)N(C)C. The first-order chi connectivity index (χ1) is 4.22. The summed E-state index contributed by atoms with van der Waals surface area (Å²) >= 11 is 0. The second-order valence-corrected chi connectivity index (χ2v) is 2.48. The number of rotatable bonds is 4. The van der Waals surface area contributed by atoms with Crippen LogP contribution in [-0.4, -0.2) is 38.8 Å². The minimum Gasteiger partial charge on any atom is -0.383 e. The van der Waals surface area contributed by atoms with Crippen molar-refractivity contribution >= 4 is 0 Å². The lowest BCUT2D eigenvalue weighted by Crippen LogP contribution is -2.31. The number of nitrogens with zero attached hydrogens (tertiary/aromatic N) is 1. The molecule has 0 bridgehead atoms. The summed E-state index contributed by atoms with van der Waals surface area (Å²) in [7, 11) is 5.90. The van der Waals surface area contributed by atoms with Gasteiger partial charge in [-0.25, -0.2) is 0 Å². The van der Waals surface area contributed by atoms with Gasteiger partial charge >= 0.3 is 0 Å². The first-order valence-corrected chi connectivity index (χ1v) is 3.37. The Morgan fingerprint density at radius 2 is 2.00 bits per heavy atom. The van der Waals surface area contributed by atoms with Crippen LogP contribution in [-0.2, 0) is 4.74 Å². The first-order valence-electron chi connectivity index (χ1n) is 3.37. The van der Waals surface area contributed by atoms with Gasteiger partial charge in [0, 0.05) is 13.2 Å². The third kappa shape index (κ3) is 3.49. The molecule has 9 heavy (non-hydrogen) atoms. The molecule has 0 saturated heterocycles. The molecule has 0 heterocycles. The summed E-state index contributed by atoms with van der Waals surface area (Å²) in [6.07, 6.45) is 1.15. The van der Waals surface area contributed by atoms with E-state index in [1.165, 1.54) is 0 Å². The van der Waals surface area contributed by atoms with Crippen LogP contribution < -0.4 is 0 Å². The Bertz CT molecular complexity index is 63.9. The van der Waals surface area contributed by atoms with E-state index in [1.807, 2.05) is 0 Å². The van der Waals surface area contributed by atoms with Gasteiger partial charge in [-0.2, -0.15) is 0 Å². The predicted molar refractivity (Wildman–Crippen MR) is 39.6 cm³/mol. The van der Waals surface area contributed by atoms with Crippen LogP contribution in [0.4, 0.5) is 0 Å². The van der Waals surface area contributed by atoms with Gasteiger partial charge in [0.15, 0.2) is 0 Å². The number of likely N-dealkylation sites (N-methyl/N-ethyl adjacent to an activating group) is 1. The molecular formula is C7H17NO. The Kier molecular flexibility index (Phi) is 4.72. The predicted octanol–water partition coefficient (Wildman–Crippen LogP) is 0.973. The van der Waals surface area contributed by atoms with E-state index in [2.05, 4.69) is 25.9 Å². The molecule has 0 saturated carbocycles. The van der Waals surface area contributed by atoms with Crippen molar-refractivity contribution in [1.29, 1.82) is 0 Å². The fourth-order valence-corrected chi connectivity index (χ4v) is 0.824. The molecule has 2 nitrogen and oxygen atoms in total. The molecule has 2 heteroatoms. The summed E-state index contributed by atoms with van der Waals surface area (Å²) in [5.41, 5.74) is 0. The highest BCUT2D eigenvalue weighted by atomic mass is 16.5. The van der Waals surface area contributed by atoms with Crippen molar-refractivity contribution in [3.05, 3.63) is 0 Å². The highest BCUT2D eigenvalue weighted by Gasteiger charge is 2.06. The largest absolute Gasteiger partial charge is 0.383 e. The van der Waals surface area contributed by atoms with Crippen molar-refractivity contribution in [3.63, 3.8) is 0 Å². The van der Waals surface area contributed by atoms with Crippen LogP contribution in [0.1, 0.15) is 13.3 Å². The first kappa shape index (κ1) is 8.92. The van der Waals surface area contributed by atoms with Crippen LogP contribution in [0.2, 0.25) is 0 Å². The molecule has 0 aliphatic carbocycles. The maximum absolute atomic E-state index is 5.01. The van der Waals surface area contributed by atoms with Crippen LogP contribution in [0.15, 0.2) is 0 Å². The highest BCUT2D eigenvalue weighted by Crippen LogP contribution is 1.97. The van der Waals surface area contributed by atoms with E-state index >= 15 is 0 Å². The van der Waals surface area contributed by atoms with Crippen molar-refractivity contribution in [2.75, 3.05) is 27.8 Å². The molecular weight excluding hydrogens is 114 g/mol. The van der Waals surface area contributed by atoms with Crippen LogP contribution in [0, 0.1) is 0 Å². The van der Waals surface area contributed by atoms with E-state index in [9.17, 15) is 0 Å². The molecule has 0 amide bonds. The molecule has 56 valence electrons. The average molecular weight is 131 g/mol. The summed E-state index contributed by atoms with van der Waals surface area (Å²) in [6, 6.07) is 0.579. The average Bonchev–Trinajstić information content (AvgIpc) is 1.82. The summed E-state index contributed by atoms with van der Waals surface area (Å²) in [4.78, 5) is 2.18. The van der Waals surface area contributed by atoms with E-state index in [1.54, 1.807) is 7.11 Å². The standard InChI is InChI=1S/C7H17NO/c1-5-7(6-9-4)8(2)3/h7H,5-6H2,1-4H3. The minimum absolute atomic E-state index is 0.579. The minimum atomic E-state index is 0.579. The van der Waals surface area contributed by atoms with Gasteiger partial charge in [-0.1, -0.05) is 6.92 Å². The number of methoxy groups -OCH3 is 1. The summed E-state index contributed by atoms with van der Waals surface area (Å²) in [5, 5.41) is 0. The van der Waals surface area contributed by atoms with Gasteiger partial charge in [0.05, 0.1) is 6.61 Å². The fourth-order valence-electron chi connectivity index (χ4n) is 0.824. The lowest BCUT2D eigenvalue weighted by molar-refractivity contribution is 0.118. The van der Waals surface area contributed by atoms with Crippen molar-refractivity contribution in [1.82, 2.24) is 4.90 Å². The lowest BCUT2D eigenvalue weighted by Gasteiger charge is -2.21. The molecule has 0 radical (unpaired) electrons. The summed E-state index contributed by atoms with van der Waals surface area (Å²) < 4.78 is 5.01. The van der Waals surface area contributed by atoms with Crippen LogP contribution in [0.5, 0.6) is 0 Å². The number of ether oxygens (including phenoxy) is 1. The summed E-state index contributed by atoms with van der Waals surface area (Å²) in [5.74, 6) is 0. The Morgan fingerprint density at radius 1 is 1.44 bits per heavy atom. The quantitative estimate of drug-likeness (QED) is 0.563. The second kappa shape index (κ2) is 4.77. The molecule has 0 aliphatic heterocycles. The van der Waals surface area contributed by atoms with E-state index in [4.69, 9.17) is 4.74 Å². The van der Waals surface area contributed by atoms with Crippen LogP contribution in [0.3, 0.4) is 0 Å². The molecule has 0 N–H and O–H groups in total. The normalized spacial score (nSPS) is 14.3. The van der Waals surface area contributed by atoms with Gasteiger partial charge in [0.2, 0.25) is 0 Å². The zero-order valence-electron chi connectivity index (χ0n) is 6.85. The zero-order chi connectivity index (χ0) is 7.28. The zero-order valence-corrected chi connectivity index (χ0v) is 6.85. The summed E-state index contributed by atoms with van der Waals surface area (Å²) in [6.45, 7) is 3.01. The topological polar surface area (TPSA) is 12.5 Å². The van der Waals surface area contributed by atoms with Crippen LogP contribution >= 0.6 is 0 Å². The van der Waals surface area contributed by atoms with Gasteiger partial charge in [-0.05, 0) is 20.5 Å². The molecule has 0 aromatic heterocycles. The van der Waals surface area contributed by atoms with Gasteiger partial charge in [0.25, 0.3) is 0 Å². The van der Waals surface area contributed by atoms with Gasteiger partial charge in [-0.3, -0.25) is 0 Å². The Morgan fingerprint density at radius 3 is 2.11 bits per heavy atom. The molecule has 0 fully saturated rings. The van der Waals surface area contributed by atoms with Crippen LogP contribution in [0.25, 0.3) is 0 Å². The third-order valence-electron chi connectivity index (χ3n) is 1.56. The van der Waals surface area contributed by atoms with Gasteiger partial charge < -0.3 is 9.64 Å².